The van der Waals surface area contributed by atoms with Crippen LogP contribution >= 0.6 is 0 Å². The molecule has 5 nitrogen and oxygen atoms in total. The van der Waals surface area contributed by atoms with Gasteiger partial charge in [-0.3, -0.25) is 9.59 Å². The van der Waals surface area contributed by atoms with Gasteiger partial charge in [-0.1, -0.05) is 0 Å². The lowest BCUT2D eigenvalue weighted by atomic mass is 10.1. The molecule has 1 saturated heterocycles. The number of aliphatic hydroxyl groups is 1. The van der Waals surface area contributed by atoms with E-state index in [9.17, 15) is 23.5 Å². The predicted molar refractivity (Wildman–Crippen MR) is 70.5 cm³/mol. The highest BCUT2D eigenvalue weighted by Gasteiger charge is 2.22. The van der Waals surface area contributed by atoms with Crippen molar-refractivity contribution in [3.05, 3.63) is 35.4 Å². The van der Waals surface area contributed by atoms with Crippen LogP contribution < -0.4 is 5.32 Å². The lowest BCUT2D eigenvalue weighted by molar-refractivity contribution is -0.133. The number of likely N-dealkylation sites (tertiary alicyclic amines) is 1. The summed E-state index contributed by atoms with van der Waals surface area (Å²) in [5.74, 6) is -3.12. The van der Waals surface area contributed by atoms with E-state index in [0.717, 1.165) is 18.2 Å². The standard InChI is InChI=1S/C14H16F2N2O3/c15-11-4-3-9(6-12(11)16)14(21)17-7-13(20)18-5-1-2-10(19)8-18/h3-4,6,10,19H,1-2,5,7-8H2,(H,17,21). The van der Waals surface area contributed by atoms with E-state index >= 15 is 0 Å². The van der Waals surface area contributed by atoms with Crippen molar-refractivity contribution in [2.24, 2.45) is 0 Å². The van der Waals surface area contributed by atoms with Crippen molar-refractivity contribution in [3.63, 3.8) is 0 Å². The number of benzene rings is 1. The number of β-amino-alcohol motifs (C(OH)–C–C–N with tert-alkyl or cyclic N) is 1. The Morgan fingerprint density at radius 3 is 2.76 bits per heavy atom. The first-order valence-electron chi connectivity index (χ1n) is 6.66. The van der Waals surface area contributed by atoms with Crippen LogP contribution in [0, 0.1) is 11.6 Å². The number of carbonyl (C=O) groups is 2. The smallest absolute Gasteiger partial charge is 0.251 e. The summed E-state index contributed by atoms with van der Waals surface area (Å²) in [7, 11) is 0. The van der Waals surface area contributed by atoms with Gasteiger partial charge in [0.1, 0.15) is 0 Å². The number of hydrogen-bond acceptors (Lipinski definition) is 3. The molecule has 0 aliphatic carbocycles. The second kappa shape index (κ2) is 6.62. The average Bonchev–Trinajstić information content (AvgIpc) is 2.47. The molecule has 7 heteroatoms. The van der Waals surface area contributed by atoms with E-state index in [-0.39, 0.29) is 24.6 Å². The van der Waals surface area contributed by atoms with Gasteiger partial charge in [0.15, 0.2) is 11.6 Å². The third-order valence-electron chi connectivity index (χ3n) is 3.33. The first-order chi connectivity index (χ1) is 9.97. The van der Waals surface area contributed by atoms with E-state index in [1.54, 1.807) is 0 Å². The summed E-state index contributed by atoms with van der Waals surface area (Å²) >= 11 is 0. The maximum atomic E-state index is 13.0. The third kappa shape index (κ3) is 3.98. The summed E-state index contributed by atoms with van der Waals surface area (Å²) in [6, 6.07) is 2.77. The molecule has 2 N–H and O–H groups in total. The van der Waals surface area contributed by atoms with Crippen molar-refractivity contribution in [2.45, 2.75) is 18.9 Å². The van der Waals surface area contributed by atoms with Gasteiger partial charge in [0, 0.05) is 18.7 Å². The zero-order valence-electron chi connectivity index (χ0n) is 11.3. The summed E-state index contributed by atoms with van der Waals surface area (Å²) in [5, 5.41) is 11.8. The molecule has 0 bridgehead atoms. The summed E-state index contributed by atoms with van der Waals surface area (Å²) in [6.07, 6.45) is 0.833. The molecule has 1 aliphatic rings. The van der Waals surface area contributed by atoms with Gasteiger partial charge >= 0.3 is 0 Å². The largest absolute Gasteiger partial charge is 0.391 e. The first-order valence-corrected chi connectivity index (χ1v) is 6.66. The molecular formula is C14H16F2N2O3. The van der Waals surface area contributed by atoms with Gasteiger partial charge in [-0.15, -0.1) is 0 Å². The van der Waals surface area contributed by atoms with Crippen LogP contribution in [0.15, 0.2) is 18.2 Å². The van der Waals surface area contributed by atoms with Crippen molar-refractivity contribution < 1.29 is 23.5 Å². The molecule has 1 unspecified atom stereocenters. The molecule has 1 aromatic rings. The molecule has 0 spiro atoms. The van der Waals surface area contributed by atoms with Crippen LogP contribution in [0.1, 0.15) is 23.2 Å². The lowest BCUT2D eigenvalue weighted by Crippen LogP contribution is -2.46. The molecule has 0 radical (unpaired) electrons. The molecule has 2 amide bonds. The maximum Gasteiger partial charge on any atom is 0.251 e. The van der Waals surface area contributed by atoms with E-state index in [1.165, 1.54) is 4.90 Å². The topological polar surface area (TPSA) is 69.6 Å². The van der Waals surface area contributed by atoms with Crippen molar-refractivity contribution in [1.29, 1.82) is 0 Å². The summed E-state index contributed by atoms with van der Waals surface area (Å²) in [4.78, 5) is 25.1. The number of carbonyl (C=O) groups excluding carboxylic acids is 2. The van der Waals surface area contributed by atoms with Crippen molar-refractivity contribution >= 4 is 11.8 Å². The number of nitrogens with one attached hydrogen (secondary N) is 1. The van der Waals surface area contributed by atoms with Gasteiger partial charge in [0.2, 0.25) is 5.91 Å². The van der Waals surface area contributed by atoms with Gasteiger partial charge in [-0.2, -0.15) is 0 Å². The molecule has 2 rings (SSSR count). The molecule has 1 fully saturated rings. The predicted octanol–water partition coefficient (Wildman–Crippen LogP) is 0.678. The minimum absolute atomic E-state index is 0.0552. The van der Waals surface area contributed by atoms with Gasteiger partial charge in [0.25, 0.3) is 5.91 Å². The van der Waals surface area contributed by atoms with Crippen LogP contribution in [0.3, 0.4) is 0 Å². The molecule has 1 aliphatic heterocycles. The number of hydrogen-bond donors (Lipinski definition) is 2. The van der Waals surface area contributed by atoms with Crippen molar-refractivity contribution in [1.82, 2.24) is 10.2 Å². The Morgan fingerprint density at radius 1 is 1.33 bits per heavy atom. The SMILES string of the molecule is O=C(NCC(=O)N1CCCC(O)C1)c1ccc(F)c(F)c1. The Hall–Kier alpha value is -2.02. The number of aliphatic hydroxyl groups excluding tert-OH is 1. The van der Waals surface area contributed by atoms with Gasteiger partial charge in [0.05, 0.1) is 12.6 Å². The van der Waals surface area contributed by atoms with Crippen LogP contribution in [0.25, 0.3) is 0 Å². The Kier molecular flexibility index (Phi) is 4.85. The van der Waals surface area contributed by atoms with Crippen LogP contribution in [0.5, 0.6) is 0 Å². The Bertz CT molecular complexity index is 551. The zero-order chi connectivity index (χ0) is 15.4. The normalized spacial score (nSPS) is 18.4. The van der Waals surface area contributed by atoms with Crippen LogP contribution in [-0.2, 0) is 4.79 Å². The Balaban J connectivity index is 1.88. The van der Waals surface area contributed by atoms with Crippen LogP contribution in [-0.4, -0.2) is 47.6 Å². The number of piperidine rings is 1. The van der Waals surface area contributed by atoms with E-state index < -0.39 is 23.6 Å². The number of rotatable bonds is 3. The summed E-state index contributed by atoms with van der Waals surface area (Å²) in [5.41, 5.74) is -0.0552. The maximum absolute atomic E-state index is 13.0. The zero-order valence-corrected chi connectivity index (χ0v) is 11.3. The van der Waals surface area contributed by atoms with Crippen molar-refractivity contribution in [3.8, 4) is 0 Å². The molecule has 21 heavy (non-hydrogen) atoms. The fourth-order valence-corrected chi connectivity index (χ4v) is 2.19. The molecule has 1 heterocycles. The van der Waals surface area contributed by atoms with Gasteiger partial charge in [-0.25, -0.2) is 8.78 Å². The fourth-order valence-electron chi connectivity index (χ4n) is 2.19. The molecule has 0 aromatic heterocycles. The van der Waals surface area contributed by atoms with E-state index in [2.05, 4.69) is 5.32 Å². The quantitative estimate of drug-likeness (QED) is 0.862. The molecule has 0 saturated carbocycles. The van der Waals surface area contributed by atoms with Gasteiger partial charge < -0.3 is 15.3 Å². The number of amides is 2. The highest BCUT2D eigenvalue weighted by atomic mass is 19.2. The highest BCUT2D eigenvalue weighted by Crippen LogP contribution is 2.10. The molecule has 1 atom stereocenters. The molecule has 1 aromatic carbocycles. The summed E-state index contributed by atoms with van der Waals surface area (Å²) in [6.45, 7) is 0.543. The van der Waals surface area contributed by atoms with E-state index in [4.69, 9.17) is 0 Å². The monoisotopic (exact) mass is 298 g/mol. The van der Waals surface area contributed by atoms with Gasteiger partial charge in [-0.05, 0) is 31.0 Å². The fraction of sp³-hybridized carbons (Fsp3) is 0.429. The molecular weight excluding hydrogens is 282 g/mol. The summed E-state index contributed by atoms with van der Waals surface area (Å²) < 4.78 is 25.8. The minimum Gasteiger partial charge on any atom is -0.391 e. The first kappa shape index (κ1) is 15.4. The van der Waals surface area contributed by atoms with E-state index in [0.29, 0.717) is 19.4 Å². The Labute approximate surface area is 120 Å². The minimum atomic E-state index is -1.12. The van der Waals surface area contributed by atoms with Crippen LogP contribution in [0.2, 0.25) is 0 Å². The lowest BCUT2D eigenvalue weighted by Gasteiger charge is -2.30. The Morgan fingerprint density at radius 2 is 2.10 bits per heavy atom. The van der Waals surface area contributed by atoms with Crippen molar-refractivity contribution in [2.75, 3.05) is 19.6 Å². The third-order valence-corrected chi connectivity index (χ3v) is 3.33. The number of nitrogens with zero attached hydrogens (tertiary/aromatic N) is 1. The second-order valence-corrected chi connectivity index (χ2v) is 4.95. The average molecular weight is 298 g/mol. The molecule has 114 valence electrons. The number of halogens is 2. The second-order valence-electron chi connectivity index (χ2n) is 4.95. The highest BCUT2D eigenvalue weighted by molar-refractivity contribution is 5.96. The van der Waals surface area contributed by atoms with Crippen LogP contribution in [0.4, 0.5) is 8.78 Å². The van der Waals surface area contributed by atoms with E-state index in [1.807, 2.05) is 0 Å².